The zero-order valence-electron chi connectivity index (χ0n) is 9.46. The minimum Gasteiger partial charge on any atom is -0.369 e. The molecule has 0 spiro atoms. The van der Waals surface area contributed by atoms with Crippen LogP contribution in [0.2, 0.25) is 25.7 Å². The lowest BCUT2D eigenvalue weighted by Gasteiger charge is -2.15. The Kier molecular flexibility index (Phi) is 4.36. The van der Waals surface area contributed by atoms with Gasteiger partial charge in [0.1, 0.15) is 11.3 Å². The van der Waals surface area contributed by atoms with E-state index in [-0.39, 0.29) is 0 Å². The van der Waals surface area contributed by atoms with Gasteiger partial charge in [0.15, 0.2) is 0 Å². The monoisotopic (exact) mass is 291 g/mol. The third kappa shape index (κ3) is 4.36. The van der Waals surface area contributed by atoms with E-state index >= 15 is 0 Å². The van der Waals surface area contributed by atoms with Crippen LogP contribution in [-0.4, -0.2) is 24.2 Å². The molecule has 1 heterocycles. The third-order valence-electron chi connectivity index (χ3n) is 2.05. The summed E-state index contributed by atoms with van der Waals surface area (Å²) in [4.78, 5) is 3.97. The van der Waals surface area contributed by atoms with E-state index in [1.165, 1.54) is 6.04 Å². The van der Waals surface area contributed by atoms with Gasteiger partial charge in [-0.1, -0.05) is 19.6 Å². The summed E-state index contributed by atoms with van der Waals surface area (Å²) in [5, 5.41) is 0. The van der Waals surface area contributed by atoms with Gasteiger partial charge in [0.05, 0.1) is 6.20 Å². The van der Waals surface area contributed by atoms with Crippen LogP contribution in [-0.2, 0) is 11.5 Å². The van der Waals surface area contributed by atoms with Crippen molar-refractivity contribution in [1.29, 1.82) is 0 Å². The maximum absolute atomic E-state index is 5.66. The normalized spacial score (nSPS) is 12.0. The Bertz CT molecular complexity index is 302. The van der Waals surface area contributed by atoms with Gasteiger partial charge in [-0.15, -0.1) is 0 Å². The van der Waals surface area contributed by atoms with Crippen molar-refractivity contribution >= 4 is 30.0 Å². The van der Waals surface area contributed by atoms with Gasteiger partial charge < -0.3 is 10.5 Å². The first-order valence-electron chi connectivity index (χ1n) is 4.94. The second kappa shape index (κ2) is 5.13. The Balaban J connectivity index is 2.32. The van der Waals surface area contributed by atoms with Crippen LogP contribution in [0, 0.1) is 0 Å². The first-order valence-corrected chi connectivity index (χ1v) is 9.44. The Morgan fingerprint density at radius 3 is 2.67 bits per heavy atom. The highest BCUT2D eigenvalue weighted by molar-refractivity contribution is 9.10. The molecule has 0 aliphatic carbocycles. The molecule has 1 aromatic heterocycles. The number of halogens is 1. The zero-order chi connectivity index (χ0) is 11.5. The lowest BCUT2D eigenvalue weighted by molar-refractivity contribution is 0.0873. The van der Waals surface area contributed by atoms with Gasteiger partial charge in [-0.3, -0.25) is 4.57 Å². The van der Waals surface area contributed by atoms with E-state index in [2.05, 4.69) is 40.6 Å². The maximum Gasteiger partial charge on any atom is 0.202 e. The SMILES string of the molecule is C[Si](C)(C)CCOCn1c(Br)cnc1N. The Hall–Kier alpha value is -0.333. The topological polar surface area (TPSA) is 53.1 Å². The molecular formula is C9H18BrN3OSi. The molecule has 0 aliphatic rings. The van der Waals surface area contributed by atoms with Crippen molar-refractivity contribution in [2.24, 2.45) is 0 Å². The predicted molar refractivity (Wildman–Crippen MR) is 68.4 cm³/mol. The quantitative estimate of drug-likeness (QED) is 0.670. The van der Waals surface area contributed by atoms with Crippen LogP contribution in [0.4, 0.5) is 5.95 Å². The number of imidazole rings is 1. The van der Waals surface area contributed by atoms with Gasteiger partial charge in [0, 0.05) is 14.7 Å². The van der Waals surface area contributed by atoms with Crippen molar-refractivity contribution in [2.75, 3.05) is 12.3 Å². The van der Waals surface area contributed by atoms with E-state index in [0.29, 0.717) is 12.7 Å². The molecular weight excluding hydrogens is 274 g/mol. The molecule has 0 atom stereocenters. The summed E-state index contributed by atoms with van der Waals surface area (Å²) in [5.41, 5.74) is 5.66. The van der Waals surface area contributed by atoms with Crippen molar-refractivity contribution in [1.82, 2.24) is 9.55 Å². The van der Waals surface area contributed by atoms with Crippen molar-refractivity contribution in [3.63, 3.8) is 0 Å². The largest absolute Gasteiger partial charge is 0.369 e. The number of nitrogens with two attached hydrogens (primary N) is 1. The summed E-state index contributed by atoms with van der Waals surface area (Å²) in [6, 6.07) is 1.17. The number of nitrogen functional groups attached to an aromatic ring is 1. The lowest BCUT2D eigenvalue weighted by Crippen LogP contribution is -2.22. The average Bonchev–Trinajstić information content (AvgIpc) is 2.40. The van der Waals surface area contributed by atoms with E-state index in [9.17, 15) is 0 Å². The number of aromatic nitrogens is 2. The molecule has 6 heteroatoms. The summed E-state index contributed by atoms with van der Waals surface area (Å²) >= 11 is 3.36. The standard InChI is InChI=1S/C9H18BrN3OSi/c1-15(2,3)5-4-14-7-13-8(10)6-12-9(13)11/h6H,4-5,7H2,1-3H3,(H2,11,12). The van der Waals surface area contributed by atoms with E-state index in [1.54, 1.807) is 10.8 Å². The van der Waals surface area contributed by atoms with Crippen LogP contribution >= 0.6 is 15.9 Å². The van der Waals surface area contributed by atoms with Gasteiger partial charge in [0.25, 0.3) is 0 Å². The van der Waals surface area contributed by atoms with E-state index < -0.39 is 8.07 Å². The molecule has 2 N–H and O–H groups in total. The van der Waals surface area contributed by atoms with E-state index in [1.807, 2.05) is 0 Å². The molecule has 0 bridgehead atoms. The summed E-state index contributed by atoms with van der Waals surface area (Å²) in [5.74, 6) is 0.481. The average molecular weight is 292 g/mol. The van der Waals surface area contributed by atoms with Gasteiger partial charge >= 0.3 is 0 Å². The van der Waals surface area contributed by atoms with Crippen LogP contribution in [0.25, 0.3) is 0 Å². The molecule has 0 saturated heterocycles. The van der Waals surface area contributed by atoms with Gasteiger partial charge in [0.2, 0.25) is 5.95 Å². The third-order valence-corrected chi connectivity index (χ3v) is 4.39. The molecule has 0 amide bonds. The van der Waals surface area contributed by atoms with E-state index in [4.69, 9.17) is 10.5 Å². The minimum absolute atomic E-state index is 0.469. The molecule has 0 aliphatic heterocycles. The number of hydrogen-bond donors (Lipinski definition) is 1. The second-order valence-corrected chi connectivity index (χ2v) is 11.1. The molecule has 0 unspecified atom stereocenters. The van der Waals surface area contributed by atoms with Gasteiger partial charge in [-0.25, -0.2) is 4.98 Å². The summed E-state index contributed by atoms with van der Waals surface area (Å²) in [6.45, 7) is 8.25. The number of anilines is 1. The smallest absolute Gasteiger partial charge is 0.202 e. The molecule has 0 saturated carbocycles. The first-order chi connectivity index (χ1) is 6.90. The second-order valence-electron chi connectivity index (χ2n) is 4.72. The highest BCUT2D eigenvalue weighted by Gasteiger charge is 2.12. The van der Waals surface area contributed by atoms with Gasteiger partial charge in [-0.2, -0.15) is 0 Å². The van der Waals surface area contributed by atoms with Crippen LogP contribution in [0.15, 0.2) is 10.8 Å². The summed E-state index contributed by atoms with van der Waals surface area (Å²) in [6.07, 6.45) is 1.68. The van der Waals surface area contributed by atoms with Crippen molar-refractivity contribution in [3.8, 4) is 0 Å². The maximum atomic E-state index is 5.66. The Morgan fingerprint density at radius 2 is 2.20 bits per heavy atom. The fourth-order valence-electron chi connectivity index (χ4n) is 1.03. The van der Waals surface area contributed by atoms with Crippen LogP contribution < -0.4 is 5.73 Å². The predicted octanol–water partition coefficient (Wildman–Crippen LogP) is 2.54. The first kappa shape index (κ1) is 12.7. The van der Waals surface area contributed by atoms with Crippen molar-refractivity contribution in [3.05, 3.63) is 10.8 Å². The van der Waals surface area contributed by atoms with Gasteiger partial charge in [-0.05, 0) is 22.0 Å². The zero-order valence-corrected chi connectivity index (χ0v) is 12.0. The Morgan fingerprint density at radius 1 is 1.53 bits per heavy atom. The number of ether oxygens (including phenoxy) is 1. The lowest BCUT2D eigenvalue weighted by atomic mass is 10.8. The van der Waals surface area contributed by atoms with Crippen LogP contribution in [0.5, 0.6) is 0 Å². The molecule has 1 rings (SSSR count). The fourth-order valence-corrected chi connectivity index (χ4v) is 2.17. The summed E-state index contributed by atoms with van der Waals surface area (Å²) in [7, 11) is -0.999. The molecule has 86 valence electrons. The van der Waals surface area contributed by atoms with Crippen LogP contribution in [0.3, 0.4) is 0 Å². The summed E-state index contributed by atoms with van der Waals surface area (Å²) < 4.78 is 8.21. The van der Waals surface area contributed by atoms with Crippen molar-refractivity contribution < 1.29 is 4.74 Å². The number of nitrogens with zero attached hydrogens (tertiary/aromatic N) is 2. The number of rotatable bonds is 5. The van der Waals surface area contributed by atoms with Crippen molar-refractivity contribution in [2.45, 2.75) is 32.4 Å². The molecule has 4 nitrogen and oxygen atoms in total. The van der Waals surface area contributed by atoms with Crippen LogP contribution in [0.1, 0.15) is 0 Å². The number of hydrogen-bond acceptors (Lipinski definition) is 3. The molecule has 0 radical (unpaired) electrons. The molecule has 15 heavy (non-hydrogen) atoms. The highest BCUT2D eigenvalue weighted by Crippen LogP contribution is 2.14. The molecule has 1 aromatic rings. The molecule has 0 aromatic carbocycles. The highest BCUT2D eigenvalue weighted by atomic mass is 79.9. The van der Waals surface area contributed by atoms with E-state index in [0.717, 1.165) is 11.2 Å². The molecule has 0 fully saturated rings. The fraction of sp³-hybridized carbons (Fsp3) is 0.667. The Labute approximate surface area is 100.0 Å². The minimum atomic E-state index is -0.999.